The van der Waals surface area contributed by atoms with Crippen molar-refractivity contribution in [1.82, 2.24) is 0 Å². The van der Waals surface area contributed by atoms with Gasteiger partial charge in [0.25, 0.3) is 0 Å². The maximum Gasteiger partial charge on any atom is 0.334 e. The van der Waals surface area contributed by atoms with Gasteiger partial charge in [-0.1, -0.05) is 0 Å². The summed E-state index contributed by atoms with van der Waals surface area (Å²) in [5.41, 5.74) is 1.00. The summed E-state index contributed by atoms with van der Waals surface area (Å²) in [6.45, 7) is 7.20. The van der Waals surface area contributed by atoms with Crippen LogP contribution in [0.2, 0.25) is 0 Å². The number of esters is 2. The zero-order valence-electron chi connectivity index (χ0n) is 11.6. The van der Waals surface area contributed by atoms with E-state index in [0.717, 1.165) is 12.8 Å². The van der Waals surface area contributed by atoms with E-state index in [0.29, 0.717) is 24.0 Å². The highest BCUT2D eigenvalue weighted by Gasteiger charge is 2.26. The van der Waals surface area contributed by atoms with E-state index in [2.05, 4.69) is 0 Å². The van der Waals surface area contributed by atoms with Crippen molar-refractivity contribution in [3.63, 3.8) is 0 Å². The van der Waals surface area contributed by atoms with Crippen LogP contribution in [0.25, 0.3) is 0 Å². The van der Waals surface area contributed by atoms with Crippen LogP contribution in [0, 0.1) is 0 Å². The van der Waals surface area contributed by atoms with Gasteiger partial charge in [0.05, 0.1) is 12.2 Å². The van der Waals surface area contributed by atoms with Gasteiger partial charge in [0, 0.05) is 11.1 Å². The number of hydrogen-bond acceptors (Lipinski definition) is 4. The standard InChI is InChI=1S/C14H22O4/c1-9(2)17-13(15)11-7-5-6-8-12(11)14(16)18-10(3)4/h9-10H,5-8H2,1-4H3. The van der Waals surface area contributed by atoms with E-state index >= 15 is 0 Å². The van der Waals surface area contributed by atoms with E-state index in [9.17, 15) is 9.59 Å². The largest absolute Gasteiger partial charge is 0.460 e. The van der Waals surface area contributed by atoms with Gasteiger partial charge in [-0.2, -0.15) is 0 Å². The summed E-state index contributed by atoms with van der Waals surface area (Å²) >= 11 is 0. The minimum Gasteiger partial charge on any atom is -0.460 e. The maximum absolute atomic E-state index is 11.9. The lowest BCUT2D eigenvalue weighted by Gasteiger charge is -2.20. The van der Waals surface area contributed by atoms with E-state index in [1.165, 1.54) is 0 Å². The molecule has 4 nitrogen and oxygen atoms in total. The molecule has 0 saturated carbocycles. The second kappa shape index (κ2) is 6.57. The number of hydrogen-bond donors (Lipinski definition) is 0. The van der Waals surface area contributed by atoms with Crippen molar-refractivity contribution >= 4 is 11.9 Å². The van der Waals surface area contributed by atoms with Crippen molar-refractivity contribution in [2.24, 2.45) is 0 Å². The number of ether oxygens (including phenoxy) is 2. The second-order valence-electron chi connectivity index (χ2n) is 5.07. The minimum atomic E-state index is -0.375. The highest BCUT2D eigenvalue weighted by atomic mass is 16.5. The fraction of sp³-hybridized carbons (Fsp3) is 0.714. The lowest BCUT2D eigenvalue weighted by atomic mass is 9.91. The van der Waals surface area contributed by atoms with Crippen molar-refractivity contribution in [3.8, 4) is 0 Å². The van der Waals surface area contributed by atoms with E-state index < -0.39 is 0 Å². The minimum absolute atomic E-state index is 0.172. The zero-order valence-corrected chi connectivity index (χ0v) is 11.6. The molecular weight excluding hydrogens is 232 g/mol. The highest BCUT2D eigenvalue weighted by Crippen LogP contribution is 2.27. The monoisotopic (exact) mass is 254 g/mol. The summed E-state index contributed by atoms with van der Waals surface area (Å²) in [5.74, 6) is -0.749. The third-order valence-electron chi connectivity index (χ3n) is 2.65. The van der Waals surface area contributed by atoms with Gasteiger partial charge in [-0.15, -0.1) is 0 Å². The van der Waals surface area contributed by atoms with Gasteiger partial charge >= 0.3 is 11.9 Å². The van der Waals surface area contributed by atoms with Crippen molar-refractivity contribution in [1.29, 1.82) is 0 Å². The first kappa shape index (κ1) is 14.7. The quantitative estimate of drug-likeness (QED) is 0.724. The van der Waals surface area contributed by atoms with Gasteiger partial charge in [0.1, 0.15) is 0 Å². The van der Waals surface area contributed by atoms with Crippen molar-refractivity contribution in [3.05, 3.63) is 11.1 Å². The number of carbonyl (C=O) groups is 2. The zero-order chi connectivity index (χ0) is 13.7. The third kappa shape index (κ3) is 4.17. The first-order chi connectivity index (χ1) is 8.41. The molecule has 1 rings (SSSR count). The van der Waals surface area contributed by atoms with Crippen LogP contribution in [0.4, 0.5) is 0 Å². The Morgan fingerprint density at radius 1 is 0.833 bits per heavy atom. The molecule has 0 saturated heterocycles. The normalized spacial score (nSPS) is 16.1. The molecule has 0 spiro atoms. The van der Waals surface area contributed by atoms with Gasteiger partial charge < -0.3 is 9.47 Å². The van der Waals surface area contributed by atoms with Crippen LogP contribution < -0.4 is 0 Å². The Labute approximate surface area is 108 Å². The van der Waals surface area contributed by atoms with Crippen LogP contribution in [-0.4, -0.2) is 24.1 Å². The average Bonchev–Trinajstić information content (AvgIpc) is 2.27. The molecule has 0 atom stereocenters. The van der Waals surface area contributed by atoms with Crippen LogP contribution in [0.15, 0.2) is 11.1 Å². The molecule has 0 aromatic rings. The number of carbonyl (C=O) groups excluding carboxylic acids is 2. The predicted molar refractivity (Wildman–Crippen MR) is 68.0 cm³/mol. The summed E-state index contributed by atoms with van der Waals surface area (Å²) in [5, 5.41) is 0. The molecule has 0 aromatic heterocycles. The fourth-order valence-electron chi connectivity index (χ4n) is 1.93. The number of rotatable bonds is 4. The van der Waals surface area contributed by atoms with Crippen molar-refractivity contribution in [2.75, 3.05) is 0 Å². The molecule has 0 heterocycles. The Balaban J connectivity index is 2.88. The summed E-state index contributed by atoms with van der Waals surface area (Å²) < 4.78 is 10.3. The first-order valence-corrected chi connectivity index (χ1v) is 6.55. The molecule has 1 aliphatic rings. The summed E-state index contributed by atoms with van der Waals surface area (Å²) in [4.78, 5) is 23.8. The molecule has 0 fully saturated rings. The van der Waals surface area contributed by atoms with E-state index in [1.807, 2.05) is 0 Å². The molecule has 1 aliphatic carbocycles. The molecule has 0 radical (unpaired) electrons. The molecule has 0 N–H and O–H groups in total. The summed E-state index contributed by atoms with van der Waals surface area (Å²) in [6.07, 6.45) is 2.70. The van der Waals surface area contributed by atoms with Gasteiger partial charge in [-0.05, 0) is 53.4 Å². The van der Waals surface area contributed by atoms with Gasteiger partial charge in [0.2, 0.25) is 0 Å². The van der Waals surface area contributed by atoms with Crippen LogP contribution in [0.5, 0.6) is 0 Å². The molecule has 18 heavy (non-hydrogen) atoms. The molecule has 0 amide bonds. The second-order valence-corrected chi connectivity index (χ2v) is 5.07. The molecule has 4 heteroatoms. The van der Waals surface area contributed by atoms with E-state index in [-0.39, 0.29) is 24.1 Å². The molecular formula is C14H22O4. The smallest absolute Gasteiger partial charge is 0.334 e. The first-order valence-electron chi connectivity index (χ1n) is 6.55. The summed E-state index contributed by atoms with van der Waals surface area (Å²) in [7, 11) is 0. The predicted octanol–water partition coefficient (Wildman–Crippen LogP) is 2.76. The highest BCUT2D eigenvalue weighted by molar-refractivity contribution is 6.00. The van der Waals surface area contributed by atoms with Crippen molar-refractivity contribution in [2.45, 2.75) is 65.6 Å². The van der Waals surface area contributed by atoms with Gasteiger partial charge in [-0.25, -0.2) is 9.59 Å². The Hall–Kier alpha value is -1.32. The van der Waals surface area contributed by atoms with Crippen LogP contribution in [0.3, 0.4) is 0 Å². The third-order valence-corrected chi connectivity index (χ3v) is 2.65. The summed E-state index contributed by atoms with van der Waals surface area (Å²) in [6, 6.07) is 0. The van der Waals surface area contributed by atoms with E-state index in [1.54, 1.807) is 27.7 Å². The lowest BCUT2D eigenvalue weighted by molar-refractivity contribution is -0.146. The SMILES string of the molecule is CC(C)OC(=O)C1=C(C(=O)OC(C)C)CCCC1. The lowest BCUT2D eigenvalue weighted by Crippen LogP contribution is -2.22. The van der Waals surface area contributed by atoms with E-state index in [4.69, 9.17) is 9.47 Å². The van der Waals surface area contributed by atoms with Crippen LogP contribution >= 0.6 is 0 Å². The Morgan fingerprint density at radius 3 is 1.44 bits per heavy atom. The molecule has 0 aliphatic heterocycles. The Bertz CT molecular complexity index is 319. The average molecular weight is 254 g/mol. The maximum atomic E-state index is 11.9. The molecule has 0 bridgehead atoms. The Morgan fingerprint density at radius 2 is 1.17 bits per heavy atom. The molecule has 102 valence electrons. The topological polar surface area (TPSA) is 52.6 Å². The van der Waals surface area contributed by atoms with Gasteiger partial charge in [-0.3, -0.25) is 0 Å². The Kier molecular flexibility index (Phi) is 5.38. The van der Waals surface area contributed by atoms with Crippen LogP contribution in [-0.2, 0) is 19.1 Å². The molecule has 0 unspecified atom stereocenters. The fourth-order valence-corrected chi connectivity index (χ4v) is 1.93. The van der Waals surface area contributed by atoms with Gasteiger partial charge in [0.15, 0.2) is 0 Å². The molecule has 0 aromatic carbocycles. The van der Waals surface area contributed by atoms with Crippen LogP contribution in [0.1, 0.15) is 53.4 Å². The van der Waals surface area contributed by atoms with Crippen molar-refractivity contribution < 1.29 is 19.1 Å².